The summed E-state index contributed by atoms with van der Waals surface area (Å²) in [6, 6.07) is 1.53. The number of rotatable bonds is 5. The van der Waals surface area contributed by atoms with E-state index in [-0.39, 0.29) is 0 Å². The number of nitrogens with one attached hydrogen (secondary N) is 1. The Kier molecular flexibility index (Phi) is 6.11. The fraction of sp³-hybridized carbons (Fsp3) is 1.00. The lowest BCUT2D eigenvalue weighted by atomic mass is 9.80. The molecule has 0 spiro atoms. The van der Waals surface area contributed by atoms with Gasteiger partial charge in [0.25, 0.3) is 0 Å². The highest BCUT2D eigenvalue weighted by Crippen LogP contribution is 2.30. The molecule has 1 aliphatic heterocycles. The van der Waals surface area contributed by atoms with Crippen LogP contribution < -0.4 is 5.32 Å². The zero-order chi connectivity index (χ0) is 13.7. The molecule has 1 N–H and O–H groups in total. The first-order chi connectivity index (χ1) is 9.28. The van der Waals surface area contributed by atoms with Crippen LogP contribution in [0, 0.1) is 5.92 Å². The molecule has 1 saturated heterocycles. The molecule has 2 rings (SSSR count). The minimum Gasteiger partial charge on any atom is -0.313 e. The van der Waals surface area contributed by atoms with E-state index in [9.17, 15) is 0 Å². The summed E-state index contributed by atoms with van der Waals surface area (Å²) in [7, 11) is 0. The Balaban J connectivity index is 1.93. The van der Waals surface area contributed by atoms with Gasteiger partial charge in [0, 0.05) is 38.3 Å². The van der Waals surface area contributed by atoms with Gasteiger partial charge in [-0.3, -0.25) is 4.90 Å². The molecular formula is C16H33N3. The summed E-state index contributed by atoms with van der Waals surface area (Å²) in [5, 5.41) is 3.75. The number of hydrogen-bond acceptors (Lipinski definition) is 3. The molecule has 112 valence electrons. The van der Waals surface area contributed by atoms with Crippen LogP contribution in [0.2, 0.25) is 0 Å². The van der Waals surface area contributed by atoms with Crippen molar-refractivity contribution < 1.29 is 0 Å². The van der Waals surface area contributed by atoms with E-state index in [0.29, 0.717) is 0 Å². The van der Waals surface area contributed by atoms with Crippen molar-refractivity contribution in [1.29, 1.82) is 0 Å². The first-order valence-electron chi connectivity index (χ1n) is 8.48. The molecule has 1 heterocycles. The zero-order valence-corrected chi connectivity index (χ0v) is 13.2. The van der Waals surface area contributed by atoms with Gasteiger partial charge in [-0.1, -0.05) is 27.2 Å². The molecule has 0 bridgehead atoms. The van der Waals surface area contributed by atoms with Gasteiger partial charge in [-0.2, -0.15) is 0 Å². The molecule has 0 amide bonds. The van der Waals surface area contributed by atoms with Crippen LogP contribution in [-0.4, -0.2) is 61.2 Å². The summed E-state index contributed by atoms with van der Waals surface area (Å²) in [5.41, 5.74) is 0. The highest BCUT2D eigenvalue weighted by atomic mass is 15.3. The van der Waals surface area contributed by atoms with Crippen molar-refractivity contribution in [1.82, 2.24) is 15.1 Å². The van der Waals surface area contributed by atoms with Crippen LogP contribution in [0.3, 0.4) is 0 Å². The van der Waals surface area contributed by atoms with Crippen molar-refractivity contribution >= 4 is 0 Å². The highest BCUT2D eigenvalue weighted by molar-refractivity contribution is 4.92. The lowest BCUT2D eigenvalue weighted by Crippen LogP contribution is -2.58. The lowest BCUT2D eigenvalue weighted by Gasteiger charge is -2.46. The Morgan fingerprint density at radius 1 is 1.00 bits per heavy atom. The van der Waals surface area contributed by atoms with Crippen molar-refractivity contribution in [3.63, 3.8) is 0 Å². The van der Waals surface area contributed by atoms with Gasteiger partial charge in [0.2, 0.25) is 0 Å². The molecule has 2 aliphatic rings. The molecule has 1 aliphatic carbocycles. The van der Waals surface area contributed by atoms with Crippen molar-refractivity contribution in [2.75, 3.05) is 39.3 Å². The Hall–Kier alpha value is -0.120. The van der Waals surface area contributed by atoms with Gasteiger partial charge in [-0.25, -0.2) is 0 Å². The average molecular weight is 267 g/mol. The molecule has 3 heteroatoms. The van der Waals surface area contributed by atoms with Gasteiger partial charge in [0.15, 0.2) is 0 Å². The quantitative estimate of drug-likeness (QED) is 0.824. The fourth-order valence-electron chi connectivity index (χ4n) is 3.92. The zero-order valence-electron chi connectivity index (χ0n) is 13.2. The number of piperazine rings is 1. The number of likely N-dealkylation sites (N-methyl/N-ethyl adjacent to an activating group) is 2. The van der Waals surface area contributed by atoms with Crippen LogP contribution in [-0.2, 0) is 0 Å². The third kappa shape index (κ3) is 3.93. The largest absolute Gasteiger partial charge is 0.313 e. The summed E-state index contributed by atoms with van der Waals surface area (Å²) in [5.74, 6) is 0.962. The fourth-order valence-corrected chi connectivity index (χ4v) is 3.92. The Morgan fingerprint density at radius 3 is 2.32 bits per heavy atom. The van der Waals surface area contributed by atoms with E-state index in [0.717, 1.165) is 24.5 Å². The molecule has 0 aromatic rings. The summed E-state index contributed by atoms with van der Waals surface area (Å²) in [6.45, 7) is 14.3. The van der Waals surface area contributed by atoms with Gasteiger partial charge >= 0.3 is 0 Å². The first kappa shape index (κ1) is 15.3. The predicted molar refractivity (Wildman–Crippen MR) is 82.6 cm³/mol. The average Bonchev–Trinajstić information content (AvgIpc) is 2.48. The third-order valence-corrected chi connectivity index (χ3v) is 5.29. The lowest BCUT2D eigenvalue weighted by molar-refractivity contribution is 0.0493. The second kappa shape index (κ2) is 7.61. The summed E-state index contributed by atoms with van der Waals surface area (Å²) in [6.07, 6.45) is 5.59. The van der Waals surface area contributed by atoms with Gasteiger partial charge in [-0.15, -0.1) is 0 Å². The maximum atomic E-state index is 3.75. The van der Waals surface area contributed by atoms with Crippen LogP contribution in [0.1, 0.15) is 46.5 Å². The molecule has 3 unspecified atom stereocenters. The highest BCUT2D eigenvalue weighted by Gasteiger charge is 2.34. The maximum absolute atomic E-state index is 3.75. The molecular weight excluding hydrogens is 234 g/mol. The van der Waals surface area contributed by atoms with Crippen LogP contribution in [0.4, 0.5) is 0 Å². The van der Waals surface area contributed by atoms with E-state index >= 15 is 0 Å². The second-order valence-electron chi connectivity index (χ2n) is 6.29. The summed E-state index contributed by atoms with van der Waals surface area (Å²) in [4.78, 5) is 5.36. The van der Waals surface area contributed by atoms with Crippen LogP contribution >= 0.6 is 0 Å². The monoisotopic (exact) mass is 267 g/mol. The summed E-state index contributed by atoms with van der Waals surface area (Å²) >= 11 is 0. The molecule has 1 saturated carbocycles. The van der Waals surface area contributed by atoms with E-state index in [1.54, 1.807) is 0 Å². The third-order valence-electron chi connectivity index (χ3n) is 5.29. The standard InChI is InChI=1S/C16H33N3/c1-4-14-7-8-15(17-5-2)16(13-14)19-11-9-18(6-3)10-12-19/h14-17H,4-13H2,1-3H3. The van der Waals surface area contributed by atoms with E-state index in [1.807, 2.05) is 0 Å². The SMILES string of the molecule is CCNC1CCC(CC)CC1N1CCN(CC)CC1. The Labute approximate surface area is 119 Å². The second-order valence-corrected chi connectivity index (χ2v) is 6.29. The molecule has 0 aromatic carbocycles. The van der Waals surface area contributed by atoms with Crippen LogP contribution in [0.15, 0.2) is 0 Å². The van der Waals surface area contributed by atoms with Crippen LogP contribution in [0.5, 0.6) is 0 Å². The normalized spacial score (nSPS) is 34.6. The van der Waals surface area contributed by atoms with Crippen molar-refractivity contribution in [3.05, 3.63) is 0 Å². The molecule has 3 nitrogen and oxygen atoms in total. The Morgan fingerprint density at radius 2 is 1.74 bits per heavy atom. The molecule has 0 radical (unpaired) electrons. The van der Waals surface area contributed by atoms with Crippen molar-refractivity contribution in [2.45, 2.75) is 58.5 Å². The molecule has 19 heavy (non-hydrogen) atoms. The topological polar surface area (TPSA) is 18.5 Å². The molecule has 0 aromatic heterocycles. The van der Waals surface area contributed by atoms with Crippen LogP contribution in [0.25, 0.3) is 0 Å². The van der Waals surface area contributed by atoms with E-state index in [4.69, 9.17) is 0 Å². The maximum Gasteiger partial charge on any atom is 0.0253 e. The summed E-state index contributed by atoms with van der Waals surface area (Å²) < 4.78 is 0. The van der Waals surface area contributed by atoms with Gasteiger partial charge in [-0.05, 0) is 38.3 Å². The van der Waals surface area contributed by atoms with Gasteiger partial charge in [0.05, 0.1) is 0 Å². The van der Waals surface area contributed by atoms with E-state index in [1.165, 1.54) is 58.4 Å². The molecule has 2 fully saturated rings. The number of nitrogens with zero attached hydrogens (tertiary/aromatic N) is 2. The van der Waals surface area contributed by atoms with Crippen molar-refractivity contribution in [3.8, 4) is 0 Å². The van der Waals surface area contributed by atoms with E-state index in [2.05, 4.69) is 35.9 Å². The Bertz CT molecular complexity index is 248. The first-order valence-corrected chi connectivity index (χ1v) is 8.48. The predicted octanol–water partition coefficient (Wildman–Crippen LogP) is 2.18. The van der Waals surface area contributed by atoms with Gasteiger partial charge in [0.1, 0.15) is 0 Å². The minimum absolute atomic E-state index is 0.737. The smallest absolute Gasteiger partial charge is 0.0253 e. The number of hydrogen-bond donors (Lipinski definition) is 1. The van der Waals surface area contributed by atoms with Crippen molar-refractivity contribution in [2.24, 2.45) is 5.92 Å². The molecule has 3 atom stereocenters. The van der Waals surface area contributed by atoms with Gasteiger partial charge < -0.3 is 10.2 Å². The van der Waals surface area contributed by atoms with E-state index < -0.39 is 0 Å². The minimum atomic E-state index is 0.737.